The number of hydrogen-bond donors (Lipinski definition) is 2. The van der Waals surface area contributed by atoms with Gasteiger partial charge in [-0.2, -0.15) is 0 Å². The van der Waals surface area contributed by atoms with Crippen molar-refractivity contribution in [3.8, 4) is 5.75 Å². The second-order valence-electron chi connectivity index (χ2n) is 2.02. The van der Waals surface area contributed by atoms with Gasteiger partial charge in [0.1, 0.15) is 11.6 Å². The van der Waals surface area contributed by atoms with Crippen LogP contribution in [-0.4, -0.2) is 10.2 Å². The zero-order valence-electron chi connectivity index (χ0n) is 5.51. The Labute approximate surface area is 67.9 Å². The van der Waals surface area contributed by atoms with E-state index in [1.807, 2.05) is 0 Å². The van der Waals surface area contributed by atoms with E-state index in [1.54, 1.807) is 0 Å². The first-order valence-electron chi connectivity index (χ1n) is 2.93. The normalized spacial score (nSPS) is 10.1. The average molecular weight is 177 g/mol. The Bertz CT molecular complexity index is 275. The second kappa shape index (κ2) is 3.07. The highest BCUT2D eigenvalue weighted by Gasteiger charge is 2.09. The van der Waals surface area contributed by atoms with Gasteiger partial charge in [-0.05, 0) is 12.1 Å². The number of rotatable bonds is 1. The highest BCUT2D eigenvalue weighted by atomic mass is 35.5. The third-order valence-corrected chi connectivity index (χ3v) is 1.74. The van der Waals surface area contributed by atoms with Crippen LogP contribution in [0.25, 0.3) is 0 Å². The minimum absolute atomic E-state index is 0.0201. The van der Waals surface area contributed by atoms with E-state index in [0.717, 1.165) is 12.1 Å². The van der Waals surface area contributed by atoms with Crippen molar-refractivity contribution in [1.82, 2.24) is 0 Å². The second-order valence-corrected chi connectivity index (χ2v) is 2.40. The molecule has 0 aliphatic carbocycles. The first kappa shape index (κ1) is 8.30. The molecule has 1 aromatic rings. The van der Waals surface area contributed by atoms with E-state index in [9.17, 15) is 4.39 Å². The summed E-state index contributed by atoms with van der Waals surface area (Å²) in [6.45, 7) is -0.470. The fourth-order valence-electron chi connectivity index (χ4n) is 0.733. The van der Waals surface area contributed by atoms with Gasteiger partial charge in [0.2, 0.25) is 0 Å². The summed E-state index contributed by atoms with van der Waals surface area (Å²) in [6, 6.07) is 2.18. The van der Waals surface area contributed by atoms with Gasteiger partial charge in [-0.3, -0.25) is 0 Å². The summed E-state index contributed by atoms with van der Waals surface area (Å²) >= 11 is 5.40. The van der Waals surface area contributed by atoms with E-state index >= 15 is 0 Å². The summed E-state index contributed by atoms with van der Waals surface area (Å²) in [4.78, 5) is 0. The molecule has 0 fully saturated rings. The molecule has 1 aromatic carbocycles. The van der Waals surface area contributed by atoms with Crippen LogP contribution in [0.2, 0.25) is 5.02 Å². The maximum atomic E-state index is 12.6. The van der Waals surface area contributed by atoms with Crippen molar-refractivity contribution in [2.45, 2.75) is 6.61 Å². The molecule has 0 amide bonds. The topological polar surface area (TPSA) is 40.5 Å². The van der Waals surface area contributed by atoms with Gasteiger partial charge in [0.15, 0.2) is 0 Å². The predicted octanol–water partition coefficient (Wildman–Crippen LogP) is 1.68. The molecule has 0 heterocycles. The molecule has 0 spiro atoms. The molecule has 0 atom stereocenters. The number of hydrogen-bond acceptors (Lipinski definition) is 2. The van der Waals surface area contributed by atoms with E-state index in [0.29, 0.717) is 0 Å². The maximum Gasteiger partial charge on any atom is 0.142 e. The van der Waals surface area contributed by atoms with E-state index in [1.165, 1.54) is 0 Å². The summed E-state index contributed by atoms with van der Waals surface area (Å²) in [7, 11) is 0. The van der Waals surface area contributed by atoms with Crippen LogP contribution in [0.3, 0.4) is 0 Å². The van der Waals surface area contributed by atoms with E-state index in [2.05, 4.69) is 0 Å². The van der Waals surface area contributed by atoms with Crippen molar-refractivity contribution in [3.63, 3.8) is 0 Å². The molecule has 0 aliphatic heterocycles. The van der Waals surface area contributed by atoms with Gasteiger partial charge < -0.3 is 10.2 Å². The van der Waals surface area contributed by atoms with E-state index < -0.39 is 12.4 Å². The Kier molecular flexibility index (Phi) is 2.31. The number of aliphatic hydroxyl groups is 1. The van der Waals surface area contributed by atoms with Crippen molar-refractivity contribution in [1.29, 1.82) is 0 Å². The lowest BCUT2D eigenvalue weighted by atomic mass is 10.2. The van der Waals surface area contributed by atoms with Crippen molar-refractivity contribution in [2.75, 3.05) is 0 Å². The number of benzene rings is 1. The van der Waals surface area contributed by atoms with Crippen LogP contribution < -0.4 is 0 Å². The van der Waals surface area contributed by atoms with Crippen molar-refractivity contribution in [3.05, 3.63) is 28.5 Å². The molecule has 0 aliphatic rings. The van der Waals surface area contributed by atoms with Crippen molar-refractivity contribution >= 4 is 11.6 Å². The fraction of sp³-hybridized carbons (Fsp3) is 0.143. The molecular weight excluding hydrogens is 171 g/mol. The van der Waals surface area contributed by atoms with Crippen LogP contribution in [0, 0.1) is 5.82 Å². The van der Waals surface area contributed by atoms with E-state index in [-0.39, 0.29) is 16.3 Å². The third kappa shape index (κ3) is 1.44. The zero-order valence-corrected chi connectivity index (χ0v) is 6.27. The highest BCUT2D eigenvalue weighted by Crippen LogP contribution is 2.27. The highest BCUT2D eigenvalue weighted by molar-refractivity contribution is 6.31. The first-order chi connectivity index (χ1) is 5.16. The lowest BCUT2D eigenvalue weighted by Gasteiger charge is -2.03. The standard InChI is InChI=1S/C7H6ClFO2/c8-7-4(3-10)6(11)2-1-5(7)9/h1-2,10-11H,3H2. The molecule has 1 rings (SSSR count). The van der Waals surface area contributed by atoms with Gasteiger partial charge in [-0.1, -0.05) is 11.6 Å². The Morgan fingerprint density at radius 3 is 2.55 bits per heavy atom. The molecule has 0 unspecified atom stereocenters. The van der Waals surface area contributed by atoms with Crippen LogP contribution in [-0.2, 0) is 6.61 Å². The summed E-state index contributed by atoms with van der Waals surface area (Å²) in [6.07, 6.45) is 0. The molecule has 60 valence electrons. The summed E-state index contributed by atoms with van der Waals surface area (Å²) < 4.78 is 12.6. The first-order valence-corrected chi connectivity index (χ1v) is 3.31. The van der Waals surface area contributed by atoms with Gasteiger partial charge in [0.25, 0.3) is 0 Å². The minimum atomic E-state index is -0.645. The molecule has 0 aromatic heterocycles. The van der Waals surface area contributed by atoms with Gasteiger partial charge in [0, 0.05) is 5.56 Å². The van der Waals surface area contributed by atoms with Crippen molar-refractivity contribution in [2.24, 2.45) is 0 Å². The third-order valence-electron chi connectivity index (χ3n) is 1.33. The smallest absolute Gasteiger partial charge is 0.142 e. The summed E-state index contributed by atoms with van der Waals surface area (Å²) in [5, 5.41) is 17.4. The quantitative estimate of drug-likeness (QED) is 0.684. The Morgan fingerprint density at radius 1 is 1.45 bits per heavy atom. The minimum Gasteiger partial charge on any atom is -0.508 e. The molecule has 11 heavy (non-hydrogen) atoms. The number of aromatic hydroxyl groups is 1. The number of halogens is 2. The molecular formula is C7H6ClFO2. The summed E-state index contributed by atoms with van der Waals surface area (Å²) in [5.41, 5.74) is 0.0201. The average Bonchev–Trinajstić information content (AvgIpc) is 1.99. The Hall–Kier alpha value is -0.800. The monoisotopic (exact) mass is 176 g/mol. The predicted molar refractivity (Wildman–Crippen MR) is 39.0 cm³/mol. The van der Waals surface area contributed by atoms with Crippen LogP contribution in [0.5, 0.6) is 5.75 Å². The Balaban J connectivity index is 3.29. The molecule has 0 saturated heterocycles. The molecule has 2 N–H and O–H groups in total. The van der Waals surface area contributed by atoms with E-state index in [4.69, 9.17) is 21.8 Å². The largest absolute Gasteiger partial charge is 0.508 e. The Morgan fingerprint density at radius 2 is 2.09 bits per heavy atom. The van der Waals surface area contributed by atoms with Gasteiger partial charge in [0.05, 0.1) is 11.6 Å². The molecule has 0 saturated carbocycles. The number of aliphatic hydroxyl groups excluding tert-OH is 1. The molecule has 0 radical (unpaired) electrons. The van der Waals surface area contributed by atoms with Crippen LogP contribution in [0.4, 0.5) is 4.39 Å². The fourth-order valence-corrected chi connectivity index (χ4v) is 0.952. The van der Waals surface area contributed by atoms with Gasteiger partial charge in [-0.15, -0.1) is 0 Å². The van der Waals surface area contributed by atoms with Crippen LogP contribution in [0.1, 0.15) is 5.56 Å². The lowest BCUT2D eigenvalue weighted by Crippen LogP contribution is -1.88. The molecule has 4 heteroatoms. The maximum absolute atomic E-state index is 12.6. The van der Waals surface area contributed by atoms with Crippen molar-refractivity contribution < 1.29 is 14.6 Å². The van der Waals surface area contributed by atoms with Gasteiger partial charge >= 0.3 is 0 Å². The van der Waals surface area contributed by atoms with Gasteiger partial charge in [-0.25, -0.2) is 4.39 Å². The summed E-state index contributed by atoms with van der Waals surface area (Å²) in [5.74, 6) is -0.840. The number of phenols is 1. The van der Waals surface area contributed by atoms with Crippen LogP contribution in [0.15, 0.2) is 12.1 Å². The molecule has 2 nitrogen and oxygen atoms in total. The lowest BCUT2D eigenvalue weighted by molar-refractivity contribution is 0.275. The molecule has 0 bridgehead atoms. The zero-order chi connectivity index (χ0) is 8.43. The SMILES string of the molecule is OCc1c(O)ccc(F)c1Cl. The van der Waals surface area contributed by atoms with Crippen LogP contribution >= 0.6 is 11.6 Å².